The largest absolute Gasteiger partial charge is 0.353 e. The van der Waals surface area contributed by atoms with Crippen LogP contribution in [0.15, 0.2) is 18.2 Å². The van der Waals surface area contributed by atoms with Crippen molar-refractivity contribution in [3.8, 4) is 0 Å². The van der Waals surface area contributed by atoms with Crippen molar-refractivity contribution < 1.29 is 22.0 Å². The molecular formula is C20H24F2N4O3S. The molecule has 2 unspecified atom stereocenters. The Hall–Kier alpha value is -2.23. The Morgan fingerprint density at radius 3 is 2.63 bits per heavy atom. The van der Waals surface area contributed by atoms with Crippen molar-refractivity contribution in [1.29, 1.82) is 0 Å². The molecule has 1 N–H and O–H groups in total. The number of rotatable bonds is 5. The molecule has 0 bridgehead atoms. The Morgan fingerprint density at radius 2 is 2.03 bits per heavy atom. The lowest BCUT2D eigenvalue weighted by Gasteiger charge is -2.23. The van der Waals surface area contributed by atoms with Gasteiger partial charge in [-0.05, 0) is 49.8 Å². The van der Waals surface area contributed by atoms with Gasteiger partial charge in [-0.2, -0.15) is 8.42 Å². The molecule has 10 heteroatoms. The molecule has 1 aromatic heterocycles. The number of nitrogens with zero attached hydrogens (tertiary/aromatic N) is 3. The van der Waals surface area contributed by atoms with E-state index in [2.05, 4.69) is 10.3 Å². The predicted molar refractivity (Wildman–Crippen MR) is 108 cm³/mol. The van der Waals surface area contributed by atoms with E-state index in [0.29, 0.717) is 17.8 Å². The molecule has 0 saturated heterocycles. The number of halogens is 2. The quantitative estimate of drug-likeness (QED) is 0.766. The number of allylic oxidation sites excluding steroid dienone is 1. The molecule has 0 radical (unpaired) electrons. The first-order valence-corrected chi connectivity index (χ1v) is 11.7. The van der Waals surface area contributed by atoms with Crippen LogP contribution >= 0.6 is 0 Å². The summed E-state index contributed by atoms with van der Waals surface area (Å²) in [5, 5.41) is 3.09. The van der Waals surface area contributed by atoms with Crippen molar-refractivity contribution in [3.05, 3.63) is 23.9 Å². The molecule has 2 fully saturated rings. The number of hydrogen-bond acceptors (Lipinski definition) is 4. The summed E-state index contributed by atoms with van der Waals surface area (Å²) < 4.78 is 54.3. The van der Waals surface area contributed by atoms with Crippen molar-refractivity contribution >= 4 is 33.2 Å². The van der Waals surface area contributed by atoms with Crippen LogP contribution in [0.5, 0.6) is 0 Å². The van der Waals surface area contributed by atoms with E-state index >= 15 is 0 Å². The lowest BCUT2D eigenvalue weighted by atomic mass is 9.93. The number of hydrogen-bond donors (Lipinski definition) is 1. The lowest BCUT2D eigenvalue weighted by Crippen LogP contribution is -2.37. The number of anilines is 2. The number of nitrogens with one attached hydrogen (secondary N) is 1. The van der Waals surface area contributed by atoms with Gasteiger partial charge >= 0.3 is 10.2 Å². The highest BCUT2D eigenvalue weighted by atomic mass is 32.2. The fourth-order valence-electron chi connectivity index (χ4n) is 4.15. The minimum atomic E-state index is -3.90. The maximum atomic E-state index is 13.4. The smallest absolute Gasteiger partial charge is 0.327 e. The molecule has 5 rings (SSSR count). The van der Waals surface area contributed by atoms with Crippen molar-refractivity contribution in [2.45, 2.75) is 50.5 Å². The monoisotopic (exact) mass is 438 g/mol. The number of amides is 1. The number of aromatic nitrogens is 1. The number of fused-ring (bicyclic) bond motifs is 1. The van der Waals surface area contributed by atoms with E-state index < -0.39 is 22.0 Å². The van der Waals surface area contributed by atoms with Gasteiger partial charge in [0.25, 0.3) is 5.92 Å². The van der Waals surface area contributed by atoms with Crippen molar-refractivity contribution in [2.75, 3.05) is 22.2 Å². The molecule has 1 aliphatic heterocycles. The Bertz CT molecular complexity index is 1040. The molecule has 30 heavy (non-hydrogen) atoms. The zero-order valence-electron chi connectivity index (χ0n) is 16.6. The SMILES string of the molecule is CN1c2nc(C3=CCC(NC(=O)C4CC4)CC3)ccc2N(CC2CC2(F)F)S1(=O)=O. The second-order valence-electron chi connectivity index (χ2n) is 8.69. The van der Waals surface area contributed by atoms with Gasteiger partial charge in [0.15, 0.2) is 5.82 Å². The summed E-state index contributed by atoms with van der Waals surface area (Å²) in [5.74, 6) is -3.15. The fourth-order valence-corrected chi connectivity index (χ4v) is 5.56. The summed E-state index contributed by atoms with van der Waals surface area (Å²) in [5.41, 5.74) is 2.03. The number of pyridine rings is 1. The maximum Gasteiger partial charge on any atom is 0.327 e. The molecule has 0 spiro atoms. The van der Waals surface area contributed by atoms with Gasteiger partial charge in [-0.1, -0.05) is 6.08 Å². The molecule has 1 amide bonds. The summed E-state index contributed by atoms with van der Waals surface area (Å²) in [6, 6.07) is 3.52. The third kappa shape index (κ3) is 3.34. The number of alkyl halides is 2. The van der Waals surface area contributed by atoms with Crippen molar-refractivity contribution in [3.63, 3.8) is 0 Å². The topological polar surface area (TPSA) is 82.6 Å². The van der Waals surface area contributed by atoms with Crippen LogP contribution in [0.2, 0.25) is 0 Å². The first-order valence-electron chi connectivity index (χ1n) is 10.3. The summed E-state index contributed by atoms with van der Waals surface area (Å²) in [6.45, 7) is -0.237. The number of carbonyl (C=O) groups excluding carboxylic acids is 1. The average Bonchev–Trinajstić information content (AvgIpc) is 3.62. The molecule has 2 atom stereocenters. The average molecular weight is 439 g/mol. The van der Waals surface area contributed by atoms with Crippen LogP contribution in [0.1, 0.15) is 44.2 Å². The zero-order valence-corrected chi connectivity index (χ0v) is 17.5. The van der Waals surface area contributed by atoms with E-state index in [9.17, 15) is 22.0 Å². The molecule has 0 aromatic carbocycles. The van der Waals surface area contributed by atoms with Crippen molar-refractivity contribution in [2.24, 2.45) is 11.8 Å². The minimum absolute atomic E-state index is 0.120. The molecule has 162 valence electrons. The maximum absolute atomic E-state index is 13.4. The Kier molecular flexibility index (Phi) is 4.36. The zero-order chi connectivity index (χ0) is 21.3. The van der Waals surface area contributed by atoms with Gasteiger partial charge in [0.05, 0.1) is 11.4 Å². The van der Waals surface area contributed by atoms with E-state index in [1.54, 1.807) is 12.1 Å². The fraction of sp³-hybridized carbons (Fsp3) is 0.600. The van der Waals surface area contributed by atoms with Gasteiger partial charge in [0, 0.05) is 37.9 Å². The second-order valence-corrected chi connectivity index (χ2v) is 10.6. The van der Waals surface area contributed by atoms with Gasteiger partial charge in [-0.15, -0.1) is 0 Å². The van der Waals surface area contributed by atoms with E-state index in [1.807, 2.05) is 6.08 Å². The normalized spacial score (nSPS) is 28.7. The predicted octanol–water partition coefficient (Wildman–Crippen LogP) is 2.70. The van der Waals surface area contributed by atoms with E-state index in [1.165, 1.54) is 7.05 Å². The molecule has 2 heterocycles. The van der Waals surface area contributed by atoms with Gasteiger partial charge < -0.3 is 5.32 Å². The Morgan fingerprint density at radius 1 is 1.30 bits per heavy atom. The minimum Gasteiger partial charge on any atom is -0.353 e. The Labute approximate surface area is 174 Å². The first-order chi connectivity index (χ1) is 14.2. The van der Waals surface area contributed by atoms with E-state index in [0.717, 1.165) is 39.9 Å². The highest BCUT2D eigenvalue weighted by Crippen LogP contribution is 2.51. The highest BCUT2D eigenvalue weighted by molar-refractivity contribution is 7.94. The van der Waals surface area contributed by atoms with E-state index in [-0.39, 0.29) is 36.7 Å². The molecule has 2 saturated carbocycles. The van der Waals surface area contributed by atoms with Gasteiger partial charge in [-0.25, -0.2) is 22.4 Å². The molecule has 3 aliphatic carbocycles. The van der Waals surface area contributed by atoms with E-state index in [4.69, 9.17) is 0 Å². The second kappa shape index (κ2) is 6.63. The summed E-state index contributed by atoms with van der Waals surface area (Å²) in [6.07, 6.45) is 5.96. The molecular weight excluding hydrogens is 414 g/mol. The molecule has 7 nitrogen and oxygen atoms in total. The van der Waals surface area contributed by atoms with Crippen LogP contribution in [0.4, 0.5) is 20.3 Å². The van der Waals surface area contributed by atoms with Crippen LogP contribution in [-0.2, 0) is 15.0 Å². The van der Waals surface area contributed by atoms with Crippen LogP contribution in [0, 0.1) is 11.8 Å². The summed E-state index contributed by atoms with van der Waals surface area (Å²) in [4.78, 5) is 16.5. The number of carbonyl (C=O) groups is 1. The van der Waals surface area contributed by atoms with Crippen molar-refractivity contribution in [1.82, 2.24) is 10.3 Å². The third-order valence-electron chi connectivity index (χ3n) is 6.42. The van der Waals surface area contributed by atoms with Crippen LogP contribution < -0.4 is 13.9 Å². The molecule has 4 aliphatic rings. The third-order valence-corrected chi connectivity index (χ3v) is 8.19. The van der Waals surface area contributed by atoms with Crippen LogP contribution in [-0.4, -0.2) is 44.9 Å². The van der Waals surface area contributed by atoms with Crippen LogP contribution in [0.25, 0.3) is 5.57 Å². The first kappa shape index (κ1) is 19.7. The lowest BCUT2D eigenvalue weighted by molar-refractivity contribution is -0.123. The summed E-state index contributed by atoms with van der Waals surface area (Å²) in [7, 11) is -2.50. The Balaban J connectivity index is 1.34. The molecule has 1 aromatic rings. The summed E-state index contributed by atoms with van der Waals surface area (Å²) >= 11 is 0. The highest BCUT2D eigenvalue weighted by Gasteiger charge is 2.59. The standard InChI is InChI=1S/C20H24F2N4O3S/c1-25-18-17(26(30(25,28)29)11-14-10-20(14,21)22)9-8-16(24-18)12-4-6-15(7-5-12)23-19(27)13-2-3-13/h4,8-9,13-15H,2-3,5-7,10-11H2,1H3,(H,23,27). The van der Waals surface area contributed by atoms with Crippen LogP contribution in [0.3, 0.4) is 0 Å². The van der Waals surface area contributed by atoms with Gasteiger partial charge in [0.1, 0.15) is 0 Å². The van der Waals surface area contributed by atoms with Gasteiger partial charge in [-0.3, -0.25) is 4.79 Å². The van der Waals surface area contributed by atoms with Gasteiger partial charge in [0.2, 0.25) is 5.91 Å².